The van der Waals surface area contributed by atoms with Crippen molar-refractivity contribution in [1.82, 2.24) is 9.78 Å². The fourth-order valence-electron chi connectivity index (χ4n) is 2.42. The van der Waals surface area contributed by atoms with Crippen LogP contribution in [0.1, 0.15) is 12.5 Å². The summed E-state index contributed by atoms with van der Waals surface area (Å²) in [5, 5.41) is 4.19. The number of rotatable bonds is 7. The second-order valence-electron chi connectivity index (χ2n) is 5.62. The maximum atomic E-state index is 13.8. The quantitative estimate of drug-likeness (QED) is 0.585. The minimum atomic E-state index is -3.82. The predicted molar refractivity (Wildman–Crippen MR) is 104 cm³/mol. The zero-order chi connectivity index (χ0) is 19.4. The first-order valence-electron chi connectivity index (χ1n) is 8.11. The van der Waals surface area contributed by atoms with Crippen molar-refractivity contribution in [3.63, 3.8) is 0 Å². The smallest absolute Gasteiger partial charge is 0.263 e. The third-order valence-corrected chi connectivity index (χ3v) is 5.62. The monoisotopic (exact) mass is 453 g/mol. The number of hydrogen-bond donors (Lipinski definition) is 1. The minimum absolute atomic E-state index is 0.0847. The lowest BCUT2D eigenvalue weighted by molar-refractivity contribution is 0.340. The van der Waals surface area contributed by atoms with Gasteiger partial charge in [0.15, 0.2) is 5.82 Å². The highest BCUT2D eigenvalue weighted by Gasteiger charge is 2.18. The van der Waals surface area contributed by atoms with Gasteiger partial charge >= 0.3 is 0 Å². The van der Waals surface area contributed by atoms with E-state index in [9.17, 15) is 12.8 Å². The number of benzene rings is 2. The molecule has 0 amide bonds. The Bertz CT molecular complexity index is 1040. The van der Waals surface area contributed by atoms with Crippen molar-refractivity contribution in [1.29, 1.82) is 0 Å². The Morgan fingerprint density at radius 1 is 1.19 bits per heavy atom. The zero-order valence-electron chi connectivity index (χ0n) is 14.4. The van der Waals surface area contributed by atoms with Crippen molar-refractivity contribution in [2.24, 2.45) is 0 Å². The van der Waals surface area contributed by atoms with Gasteiger partial charge in [0, 0.05) is 11.8 Å². The first-order chi connectivity index (χ1) is 12.9. The summed E-state index contributed by atoms with van der Waals surface area (Å²) < 4.78 is 48.6. The molecule has 3 aromatic rings. The summed E-state index contributed by atoms with van der Waals surface area (Å²) in [7, 11) is -3.82. The lowest BCUT2D eigenvalue weighted by atomic mass is 10.2. The SMILES string of the molecule is CCOc1ccc(S(=O)(=O)Nc2nn(Cc3ccccc3F)cc2Br)cc1. The van der Waals surface area contributed by atoms with Crippen molar-refractivity contribution < 1.29 is 17.5 Å². The van der Waals surface area contributed by atoms with Crippen LogP contribution in [0.2, 0.25) is 0 Å². The highest BCUT2D eigenvalue weighted by Crippen LogP contribution is 2.25. The minimum Gasteiger partial charge on any atom is -0.494 e. The van der Waals surface area contributed by atoms with Crippen molar-refractivity contribution in [3.05, 3.63) is 70.6 Å². The van der Waals surface area contributed by atoms with Crippen LogP contribution < -0.4 is 9.46 Å². The van der Waals surface area contributed by atoms with E-state index in [4.69, 9.17) is 4.74 Å². The van der Waals surface area contributed by atoms with Crippen LogP contribution in [0.4, 0.5) is 10.2 Å². The Morgan fingerprint density at radius 2 is 1.89 bits per heavy atom. The lowest BCUT2D eigenvalue weighted by Crippen LogP contribution is -2.14. The third kappa shape index (κ3) is 4.67. The Labute approximate surface area is 165 Å². The average molecular weight is 454 g/mol. The molecular formula is C18H17BrFN3O3S. The van der Waals surface area contributed by atoms with Crippen molar-refractivity contribution in [2.45, 2.75) is 18.4 Å². The largest absolute Gasteiger partial charge is 0.494 e. The number of sulfonamides is 1. The van der Waals surface area contributed by atoms with Crippen LogP contribution in [0.25, 0.3) is 0 Å². The van der Waals surface area contributed by atoms with Crippen LogP contribution in [0, 0.1) is 5.82 Å². The van der Waals surface area contributed by atoms with Crippen molar-refractivity contribution >= 4 is 31.8 Å². The maximum Gasteiger partial charge on any atom is 0.263 e. The van der Waals surface area contributed by atoms with E-state index in [0.717, 1.165) is 0 Å². The van der Waals surface area contributed by atoms with Crippen LogP contribution >= 0.6 is 15.9 Å². The molecule has 1 heterocycles. The molecular weight excluding hydrogens is 437 g/mol. The first-order valence-corrected chi connectivity index (χ1v) is 10.4. The van der Waals surface area contributed by atoms with Gasteiger partial charge < -0.3 is 4.74 Å². The predicted octanol–water partition coefficient (Wildman–Crippen LogP) is 4.03. The molecule has 0 aliphatic carbocycles. The van der Waals surface area contributed by atoms with Gasteiger partial charge in [0.25, 0.3) is 10.0 Å². The zero-order valence-corrected chi connectivity index (χ0v) is 16.8. The molecule has 0 fully saturated rings. The number of hydrogen-bond acceptors (Lipinski definition) is 4. The number of anilines is 1. The molecule has 0 aliphatic heterocycles. The molecule has 0 aliphatic rings. The molecule has 0 bridgehead atoms. The third-order valence-electron chi connectivity index (χ3n) is 3.68. The molecule has 0 unspecified atom stereocenters. The van der Waals surface area contributed by atoms with Crippen LogP contribution in [0.15, 0.2) is 64.1 Å². The number of nitrogens with zero attached hydrogens (tertiary/aromatic N) is 2. The van der Waals surface area contributed by atoms with Gasteiger partial charge in [0.1, 0.15) is 11.6 Å². The van der Waals surface area contributed by atoms with Crippen LogP contribution in [-0.4, -0.2) is 24.8 Å². The molecule has 3 rings (SSSR count). The second-order valence-corrected chi connectivity index (χ2v) is 8.16. The van der Waals surface area contributed by atoms with Gasteiger partial charge in [-0.3, -0.25) is 9.40 Å². The van der Waals surface area contributed by atoms with E-state index in [1.165, 1.54) is 22.9 Å². The van der Waals surface area contributed by atoms with E-state index in [1.54, 1.807) is 36.5 Å². The van der Waals surface area contributed by atoms with Gasteiger partial charge in [0.05, 0.1) is 22.5 Å². The summed E-state index contributed by atoms with van der Waals surface area (Å²) in [5.41, 5.74) is 0.452. The summed E-state index contributed by atoms with van der Waals surface area (Å²) in [6.45, 7) is 2.52. The summed E-state index contributed by atoms with van der Waals surface area (Å²) in [5.74, 6) is 0.368. The number of nitrogens with one attached hydrogen (secondary N) is 1. The molecule has 0 saturated carbocycles. The summed E-state index contributed by atoms with van der Waals surface area (Å²) in [6, 6.07) is 12.4. The molecule has 6 nitrogen and oxygen atoms in total. The van der Waals surface area contributed by atoms with Gasteiger partial charge in [-0.1, -0.05) is 18.2 Å². The summed E-state index contributed by atoms with van der Waals surface area (Å²) in [6.07, 6.45) is 1.59. The Morgan fingerprint density at radius 3 is 2.56 bits per heavy atom. The van der Waals surface area contributed by atoms with Crippen LogP contribution in [0.5, 0.6) is 5.75 Å². The second kappa shape index (κ2) is 8.10. The highest BCUT2D eigenvalue weighted by atomic mass is 79.9. The molecule has 0 radical (unpaired) electrons. The van der Waals surface area contributed by atoms with E-state index >= 15 is 0 Å². The van der Waals surface area contributed by atoms with E-state index in [2.05, 4.69) is 25.8 Å². The summed E-state index contributed by atoms with van der Waals surface area (Å²) >= 11 is 3.28. The lowest BCUT2D eigenvalue weighted by Gasteiger charge is -2.08. The van der Waals surface area contributed by atoms with E-state index in [-0.39, 0.29) is 23.1 Å². The van der Waals surface area contributed by atoms with Crippen LogP contribution in [-0.2, 0) is 16.6 Å². The van der Waals surface area contributed by atoms with Gasteiger partial charge in [-0.05, 0) is 53.2 Å². The van der Waals surface area contributed by atoms with Crippen molar-refractivity contribution in [3.8, 4) is 5.75 Å². The fourth-order valence-corrected chi connectivity index (χ4v) is 3.98. The Balaban J connectivity index is 1.78. The molecule has 27 heavy (non-hydrogen) atoms. The molecule has 2 aromatic carbocycles. The average Bonchev–Trinajstić information content (AvgIpc) is 2.96. The topological polar surface area (TPSA) is 73.2 Å². The normalized spacial score (nSPS) is 11.4. The molecule has 0 atom stereocenters. The van der Waals surface area contributed by atoms with Gasteiger partial charge in [-0.25, -0.2) is 12.8 Å². The molecule has 142 valence electrons. The molecule has 9 heteroatoms. The Kier molecular flexibility index (Phi) is 5.81. The molecule has 0 saturated heterocycles. The molecule has 1 N–H and O–H groups in total. The summed E-state index contributed by atoms with van der Waals surface area (Å²) in [4.78, 5) is 0.0847. The number of ether oxygens (including phenoxy) is 1. The first kappa shape index (κ1) is 19.4. The van der Waals surface area contributed by atoms with Gasteiger partial charge in [0.2, 0.25) is 0 Å². The standard InChI is InChI=1S/C18H17BrFN3O3S/c1-2-26-14-7-9-15(10-8-14)27(24,25)22-18-16(19)12-23(21-18)11-13-5-3-4-6-17(13)20/h3-10,12H,2,11H2,1H3,(H,21,22). The maximum absolute atomic E-state index is 13.8. The number of aromatic nitrogens is 2. The van der Waals surface area contributed by atoms with Crippen molar-refractivity contribution in [2.75, 3.05) is 11.3 Å². The molecule has 1 aromatic heterocycles. The van der Waals surface area contributed by atoms with Gasteiger partial charge in [-0.2, -0.15) is 5.10 Å². The Hall–Kier alpha value is -2.39. The molecule has 0 spiro atoms. The highest BCUT2D eigenvalue weighted by molar-refractivity contribution is 9.10. The fraction of sp³-hybridized carbons (Fsp3) is 0.167. The van der Waals surface area contributed by atoms with E-state index in [0.29, 0.717) is 22.4 Å². The number of halogens is 2. The van der Waals surface area contributed by atoms with E-state index in [1.807, 2.05) is 6.92 Å². The van der Waals surface area contributed by atoms with Crippen LogP contribution in [0.3, 0.4) is 0 Å². The van der Waals surface area contributed by atoms with Gasteiger partial charge in [-0.15, -0.1) is 0 Å². The van der Waals surface area contributed by atoms with E-state index < -0.39 is 10.0 Å².